The molecule has 0 saturated carbocycles. The maximum Gasteiger partial charge on any atom is 0.272 e. The summed E-state index contributed by atoms with van der Waals surface area (Å²) in [4.78, 5) is 13.0. The fourth-order valence-corrected chi connectivity index (χ4v) is 5.41. The number of benzene rings is 1. The highest BCUT2D eigenvalue weighted by molar-refractivity contribution is 7.98. The third kappa shape index (κ3) is 3.15. The molecule has 1 aliphatic rings. The molecule has 1 fully saturated rings. The standard InChI is InChI=1S/C20H20N4O2S2/c1-13-4-2-5-14(10-13)12-28-20-22-21-19-23(11-15-6-3-8-26-15)18(25)17-16(24(19)20)7-9-27-17/h2,4-5,7,9-10,15H,3,6,8,11-12H2,1H3/t15-/m1/s1. The van der Waals surface area contributed by atoms with Crippen LogP contribution in [0.3, 0.4) is 0 Å². The zero-order chi connectivity index (χ0) is 19.1. The van der Waals surface area contributed by atoms with Crippen LogP contribution in [0.25, 0.3) is 16.0 Å². The summed E-state index contributed by atoms with van der Waals surface area (Å²) < 4.78 is 10.2. The highest BCUT2D eigenvalue weighted by atomic mass is 32.2. The normalized spacial score (nSPS) is 17.1. The molecule has 1 aromatic carbocycles. The van der Waals surface area contributed by atoms with Crippen LogP contribution in [0.1, 0.15) is 24.0 Å². The molecule has 0 radical (unpaired) electrons. The quantitative estimate of drug-likeness (QED) is 0.466. The number of rotatable bonds is 5. The number of aromatic nitrogens is 4. The van der Waals surface area contributed by atoms with Crippen LogP contribution < -0.4 is 5.56 Å². The van der Waals surface area contributed by atoms with Crippen molar-refractivity contribution in [3.63, 3.8) is 0 Å². The zero-order valence-corrected chi connectivity index (χ0v) is 17.1. The van der Waals surface area contributed by atoms with Gasteiger partial charge >= 0.3 is 0 Å². The predicted octanol–water partition coefficient (Wildman–Crippen LogP) is 3.89. The van der Waals surface area contributed by atoms with Gasteiger partial charge in [-0.1, -0.05) is 41.6 Å². The largest absolute Gasteiger partial charge is 0.376 e. The molecular formula is C20H20N4O2S2. The predicted molar refractivity (Wildman–Crippen MR) is 112 cm³/mol. The van der Waals surface area contributed by atoms with Crippen LogP contribution in [0.2, 0.25) is 0 Å². The molecule has 28 heavy (non-hydrogen) atoms. The second-order valence-corrected chi connectivity index (χ2v) is 8.94. The lowest BCUT2D eigenvalue weighted by Crippen LogP contribution is -2.28. The van der Waals surface area contributed by atoms with Crippen molar-refractivity contribution in [2.45, 2.75) is 43.3 Å². The molecule has 1 atom stereocenters. The van der Waals surface area contributed by atoms with E-state index in [9.17, 15) is 4.79 Å². The molecule has 3 aromatic heterocycles. The van der Waals surface area contributed by atoms with E-state index in [4.69, 9.17) is 4.74 Å². The molecule has 0 spiro atoms. The lowest BCUT2D eigenvalue weighted by Gasteiger charge is -2.13. The van der Waals surface area contributed by atoms with Gasteiger partial charge in [0.1, 0.15) is 4.70 Å². The first-order chi connectivity index (χ1) is 13.7. The van der Waals surface area contributed by atoms with Crippen molar-refractivity contribution in [3.05, 3.63) is 57.2 Å². The van der Waals surface area contributed by atoms with Crippen molar-refractivity contribution >= 4 is 39.1 Å². The zero-order valence-electron chi connectivity index (χ0n) is 15.5. The first kappa shape index (κ1) is 17.9. The minimum Gasteiger partial charge on any atom is -0.376 e. The molecule has 0 bridgehead atoms. The van der Waals surface area contributed by atoms with Crippen molar-refractivity contribution in [2.75, 3.05) is 6.61 Å². The Labute approximate surface area is 170 Å². The van der Waals surface area contributed by atoms with Gasteiger partial charge in [0.15, 0.2) is 5.16 Å². The summed E-state index contributed by atoms with van der Waals surface area (Å²) >= 11 is 3.11. The van der Waals surface area contributed by atoms with Crippen LogP contribution in [0, 0.1) is 6.92 Å². The molecular weight excluding hydrogens is 392 g/mol. The van der Waals surface area contributed by atoms with Crippen molar-refractivity contribution in [1.82, 2.24) is 19.2 Å². The smallest absolute Gasteiger partial charge is 0.272 e. The molecule has 144 valence electrons. The molecule has 4 heterocycles. The Bertz CT molecular complexity index is 1200. The Balaban J connectivity index is 1.57. The van der Waals surface area contributed by atoms with Crippen molar-refractivity contribution < 1.29 is 4.74 Å². The number of hydrogen-bond donors (Lipinski definition) is 0. The van der Waals surface area contributed by atoms with Crippen LogP contribution in [0.5, 0.6) is 0 Å². The third-order valence-electron chi connectivity index (χ3n) is 5.04. The average Bonchev–Trinajstić information content (AvgIpc) is 3.43. The second kappa shape index (κ2) is 7.35. The van der Waals surface area contributed by atoms with Gasteiger partial charge in [-0.15, -0.1) is 21.5 Å². The molecule has 0 unspecified atom stereocenters. The number of thioether (sulfide) groups is 1. The van der Waals surface area contributed by atoms with E-state index in [0.717, 1.165) is 40.6 Å². The highest BCUT2D eigenvalue weighted by Gasteiger charge is 2.22. The Kier molecular flexibility index (Phi) is 4.70. The minimum atomic E-state index is -0.00404. The van der Waals surface area contributed by atoms with Crippen LogP contribution in [0.4, 0.5) is 0 Å². The highest BCUT2D eigenvalue weighted by Crippen LogP contribution is 2.27. The number of aryl methyl sites for hydroxylation is 1. The van der Waals surface area contributed by atoms with E-state index >= 15 is 0 Å². The Morgan fingerprint density at radius 1 is 1.32 bits per heavy atom. The molecule has 1 saturated heterocycles. The third-order valence-corrected chi connectivity index (χ3v) is 6.93. The number of nitrogens with zero attached hydrogens (tertiary/aromatic N) is 4. The molecule has 0 N–H and O–H groups in total. The molecule has 0 amide bonds. The average molecular weight is 413 g/mol. The summed E-state index contributed by atoms with van der Waals surface area (Å²) in [6.07, 6.45) is 2.09. The maximum absolute atomic E-state index is 13.0. The summed E-state index contributed by atoms with van der Waals surface area (Å²) in [6, 6.07) is 10.5. The first-order valence-corrected chi connectivity index (χ1v) is 11.2. The number of fused-ring (bicyclic) bond motifs is 3. The van der Waals surface area contributed by atoms with Crippen LogP contribution in [0.15, 0.2) is 45.7 Å². The van der Waals surface area contributed by atoms with Crippen LogP contribution in [-0.2, 0) is 17.0 Å². The Morgan fingerprint density at radius 2 is 2.25 bits per heavy atom. The van der Waals surface area contributed by atoms with Gasteiger partial charge in [0.25, 0.3) is 5.56 Å². The van der Waals surface area contributed by atoms with Gasteiger partial charge in [0.05, 0.1) is 18.2 Å². The van der Waals surface area contributed by atoms with Gasteiger partial charge in [-0.3, -0.25) is 13.8 Å². The topological polar surface area (TPSA) is 61.4 Å². The summed E-state index contributed by atoms with van der Waals surface area (Å²) in [5, 5.41) is 11.6. The van der Waals surface area contributed by atoms with E-state index < -0.39 is 0 Å². The molecule has 4 aromatic rings. The van der Waals surface area contributed by atoms with Gasteiger partial charge in [0.2, 0.25) is 5.78 Å². The lowest BCUT2D eigenvalue weighted by atomic mass is 10.2. The van der Waals surface area contributed by atoms with E-state index in [1.54, 1.807) is 16.3 Å². The van der Waals surface area contributed by atoms with E-state index in [1.807, 2.05) is 15.8 Å². The van der Waals surface area contributed by atoms with Crippen LogP contribution >= 0.6 is 23.1 Å². The minimum absolute atomic E-state index is 0.00404. The Morgan fingerprint density at radius 3 is 3.07 bits per heavy atom. The molecule has 1 aliphatic heterocycles. The summed E-state index contributed by atoms with van der Waals surface area (Å²) in [5.41, 5.74) is 3.37. The second-order valence-electron chi connectivity index (χ2n) is 7.08. The summed E-state index contributed by atoms with van der Waals surface area (Å²) in [5.74, 6) is 1.40. The van der Waals surface area contributed by atoms with Crippen molar-refractivity contribution in [1.29, 1.82) is 0 Å². The first-order valence-electron chi connectivity index (χ1n) is 9.36. The van der Waals surface area contributed by atoms with Gasteiger partial charge < -0.3 is 4.74 Å². The molecule has 6 nitrogen and oxygen atoms in total. The molecule has 0 aliphatic carbocycles. The molecule has 5 rings (SSSR count). The monoisotopic (exact) mass is 412 g/mol. The van der Waals surface area contributed by atoms with E-state index in [1.165, 1.54) is 22.5 Å². The van der Waals surface area contributed by atoms with Gasteiger partial charge in [-0.2, -0.15) is 0 Å². The fraction of sp³-hybridized carbons (Fsp3) is 0.350. The summed E-state index contributed by atoms with van der Waals surface area (Å²) in [7, 11) is 0. The Hall–Kier alpha value is -2.16. The van der Waals surface area contributed by atoms with Gasteiger partial charge in [-0.25, -0.2) is 0 Å². The lowest BCUT2D eigenvalue weighted by molar-refractivity contribution is 0.0969. The van der Waals surface area contributed by atoms with E-state index in [2.05, 4.69) is 41.4 Å². The van der Waals surface area contributed by atoms with Crippen LogP contribution in [-0.4, -0.2) is 31.9 Å². The van der Waals surface area contributed by atoms with E-state index in [-0.39, 0.29) is 11.7 Å². The SMILES string of the molecule is Cc1cccc(CSc2nnc3n(C[C@H]4CCCO4)c(=O)c4sccc4n23)c1. The number of ether oxygens (including phenoxy) is 1. The van der Waals surface area contributed by atoms with Crippen molar-refractivity contribution in [2.24, 2.45) is 0 Å². The fourth-order valence-electron chi connectivity index (χ4n) is 3.70. The number of thiophene rings is 1. The van der Waals surface area contributed by atoms with Crippen molar-refractivity contribution in [3.8, 4) is 0 Å². The van der Waals surface area contributed by atoms with Gasteiger partial charge in [0, 0.05) is 12.4 Å². The number of hydrogen-bond acceptors (Lipinski definition) is 6. The van der Waals surface area contributed by atoms with E-state index in [0.29, 0.717) is 12.3 Å². The molecule has 8 heteroatoms. The van der Waals surface area contributed by atoms with Gasteiger partial charge in [-0.05, 0) is 36.8 Å². The summed E-state index contributed by atoms with van der Waals surface area (Å²) in [6.45, 7) is 3.39. The maximum atomic E-state index is 13.0.